The van der Waals surface area contributed by atoms with E-state index in [1.165, 1.54) is 0 Å². The Morgan fingerprint density at radius 2 is 2.00 bits per heavy atom. The first-order valence-electron chi connectivity index (χ1n) is 3.71. The highest BCUT2D eigenvalue weighted by Crippen LogP contribution is 2.11. The summed E-state index contributed by atoms with van der Waals surface area (Å²) in [6.07, 6.45) is 2.98. The maximum atomic E-state index is 8.52. The Kier molecular flexibility index (Phi) is 2.63. The van der Waals surface area contributed by atoms with Crippen molar-refractivity contribution >= 4 is 5.71 Å². The van der Waals surface area contributed by atoms with Crippen LogP contribution in [0.3, 0.4) is 0 Å². The highest BCUT2D eigenvalue weighted by Gasteiger charge is 2.15. The molecule has 0 bridgehead atoms. The molecule has 3 heteroatoms. The molecule has 1 heterocycles. The van der Waals surface area contributed by atoms with E-state index >= 15 is 0 Å². The van der Waals surface area contributed by atoms with Gasteiger partial charge in [0, 0.05) is 12.3 Å². The van der Waals surface area contributed by atoms with Crippen LogP contribution >= 0.6 is 0 Å². The number of hydrogen-bond donors (Lipinski definition) is 0. The lowest BCUT2D eigenvalue weighted by molar-refractivity contribution is 0.722. The molecule has 0 saturated heterocycles. The fourth-order valence-corrected chi connectivity index (χ4v) is 1.13. The van der Waals surface area contributed by atoms with Crippen LogP contribution in [-0.4, -0.2) is 12.3 Å². The van der Waals surface area contributed by atoms with E-state index in [0.717, 1.165) is 31.5 Å². The number of nitriles is 2. The molecule has 0 saturated carbocycles. The lowest BCUT2D eigenvalue weighted by atomic mass is 9.99. The standard InChI is InChI=1S/C8H9N3/c9-5-7(6-10)8-3-1-2-4-11-8/h7H,1-4H2. The molecule has 0 aromatic rings. The second-order valence-electron chi connectivity index (χ2n) is 2.52. The molecule has 0 fully saturated rings. The number of hydrogen-bond acceptors (Lipinski definition) is 3. The summed E-state index contributed by atoms with van der Waals surface area (Å²) in [5.41, 5.74) is 0.779. The van der Waals surface area contributed by atoms with Crippen molar-refractivity contribution in [2.45, 2.75) is 19.3 Å². The maximum Gasteiger partial charge on any atom is 0.170 e. The van der Waals surface area contributed by atoms with E-state index < -0.39 is 5.92 Å². The third-order valence-corrected chi connectivity index (χ3v) is 1.75. The molecule has 11 heavy (non-hydrogen) atoms. The van der Waals surface area contributed by atoms with E-state index in [1.807, 2.05) is 12.1 Å². The molecule has 1 aliphatic heterocycles. The fraction of sp³-hybridized carbons (Fsp3) is 0.625. The van der Waals surface area contributed by atoms with Crippen LogP contribution in [0.4, 0.5) is 0 Å². The van der Waals surface area contributed by atoms with Crippen molar-refractivity contribution in [1.29, 1.82) is 10.5 Å². The van der Waals surface area contributed by atoms with E-state index in [1.54, 1.807) is 0 Å². The van der Waals surface area contributed by atoms with Crippen LogP contribution in [0.25, 0.3) is 0 Å². The largest absolute Gasteiger partial charge is 0.292 e. The van der Waals surface area contributed by atoms with Crippen molar-refractivity contribution in [2.24, 2.45) is 10.9 Å². The van der Waals surface area contributed by atoms with Gasteiger partial charge in [-0.05, 0) is 19.3 Å². The van der Waals surface area contributed by atoms with E-state index in [4.69, 9.17) is 10.5 Å². The normalized spacial score (nSPS) is 16.8. The minimum absolute atomic E-state index is 0.602. The zero-order chi connectivity index (χ0) is 8.10. The molecule has 0 aromatic heterocycles. The van der Waals surface area contributed by atoms with E-state index in [9.17, 15) is 0 Å². The van der Waals surface area contributed by atoms with Crippen molar-refractivity contribution in [1.82, 2.24) is 0 Å². The van der Waals surface area contributed by atoms with Gasteiger partial charge in [-0.25, -0.2) is 0 Å². The van der Waals surface area contributed by atoms with Gasteiger partial charge in [0.05, 0.1) is 12.1 Å². The summed E-state index contributed by atoms with van der Waals surface area (Å²) >= 11 is 0. The molecule has 56 valence electrons. The van der Waals surface area contributed by atoms with Gasteiger partial charge in [0.25, 0.3) is 0 Å². The first kappa shape index (κ1) is 7.75. The molecule has 0 spiro atoms. The molecule has 0 N–H and O–H groups in total. The number of nitrogens with zero attached hydrogens (tertiary/aromatic N) is 3. The first-order chi connectivity index (χ1) is 5.38. The smallest absolute Gasteiger partial charge is 0.170 e. The molecule has 3 nitrogen and oxygen atoms in total. The average Bonchev–Trinajstić information content (AvgIpc) is 2.09. The molecular formula is C8H9N3. The van der Waals surface area contributed by atoms with Crippen molar-refractivity contribution < 1.29 is 0 Å². The van der Waals surface area contributed by atoms with Gasteiger partial charge in [0.15, 0.2) is 5.92 Å². The molecule has 0 radical (unpaired) electrons. The average molecular weight is 147 g/mol. The Morgan fingerprint density at radius 1 is 1.27 bits per heavy atom. The summed E-state index contributed by atoms with van der Waals surface area (Å²) in [4.78, 5) is 4.14. The van der Waals surface area contributed by atoms with Crippen LogP contribution in [0.5, 0.6) is 0 Å². The van der Waals surface area contributed by atoms with Crippen LogP contribution in [0.1, 0.15) is 19.3 Å². The fourth-order valence-electron chi connectivity index (χ4n) is 1.13. The second-order valence-corrected chi connectivity index (χ2v) is 2.52. The molecule has 0 atom stereocenters. The molecular weight excluding hydrogens is 138 g/mol. The summed E-state index contributed by atoms with van der Waals surface area (Å²) in [7, 11) is 0. The maximum absolute atomic E-state index is 8.52. The Labute approximate surface area is 66.0 Å². The lowest BCUT2D eigenvalue weighted by Gasteiger charge is -2.10. The summed E-state index contributed by atoms with van der Waals surface area (Å²) in [6.45, 7) is 0.787. The van der Waals surface area contributed by atoms with Crippen LogP contribution in [0.15, 0.2) is 4.99 Å². The molecule has 0 unspecified atom stereocenters. The van der Waals surface area contributed by atoms with Crippen molar-refractivity contribution in [3.63, 3.8) is 0 Å². The predicted molar refractivity (Wildman–Crippen MR) is 40.9 cm³/mol. The Bertz CT molecular complexity index is 227. The zero-order valence-electron chi connectivity index (χ0n) is 6.25. The molecule has 0 aliphatic carbocycles. The van der Waals surface area contributed by atoms with Crippen molar-refractivity contribution in [2.75, 3.05) is 6.54 Å². The minimum Gasteiger partial charge on any atom is -0.292 e. The van der Waals surface area contributed by atoms with Gasteiger partial charge in [-0.2, -0.15) is 10.5 Å². The predicted octanol–water partition coefficient (Wildman–Crippen LogP) is 1.27. The Morgan fingerprint density at radius 3 is 2.45 bits per heavy atom. The molecule has 0 amide bonds. The van der Waals surface area contributed by atoms with Crippen LogP contribution in [0, 0.1) is 28.6 Å². The Hall–Kier alpha value is -1.35. The molecule has 1 aliphatic rings. The summed E-state index contributed by atoms with van der Waals surface area (Å²) in [5, 5.41) is 17.0. The molecule has 0 aromatic carbocycles. The SMILES string of the molecule is N#CC(C#N)C1=NCCCC1. The van der Waals surface area contributed by atoms with Crippen molar-refractivity contribution in [3.05, 3.63) is 0 Å². The minimum atomic E-state index is -0.602. The summed E-state index contributed by atoms with van der Waals surface area (Å²) in [5.74, 6) is -0.602. The van der Waals surface area contributed by atoms with Gasteiger partial charge in [-0.1, -0.05) is 0 Å². The van der Waals surface area contributed by atoms with Crippen molar-refractivity contribution in [3.8, 4) is 12.1 Å². The molecule has 1 rings (SSSR count). The van der Waals surface area contributed by atoms with Gasteiger partial charge in [-0.15, -0.1) is 0 Å². The van der Waals surface area contributed by atoms with Gasteiger partial charge in [0.1, 0.15) is 0 Å². The van der Waals surface area contributed by atoms with E-state index in [0.29, 0.717) is 0 Å². The van der Waals surface area contributed by atoms with Gasteiger partial charge in [-0.3, -0.25) is 4.99 Å². The number of aliphatic imine (C=N–C) groups is 1. The van der Waals surface area contributed by atoms with Crippen LogP contribution in [0.2, 0.25) is 0 Å². The van der Waals surface area contributed by atoms with Crippen LogP contribution < -0.4 is 0 Å². The Balaban J connectivity index is 2.67. The quantitative estimate of drug-likeness (QED) is 0.560. The topological polar surface area (TPSA) is 59.9 Å². The van der Waals surface area contributed by atoms with Gasteiger partial charge >= 0.3 is 0 Å². The lowest BCUT2D eigenvalue weighted by Crippen LogP contribution is -2.14. The van der Waals surface area contributed by atoms with E-state index in [-0.39, 0.29) is 0 Å². The highest BCUT2D eigenvalue weighted by molar-refractivity contribution is 5.91. The zero-order valence-corrected chi connectivity index (χ0v) is 6.25. The third-order valence-electron chi connectivity index (χ3n) is 1.75. The van der Waals surface area contributed by atoms with Gasteiger partial charge < -0.3 is 0 Å². The van der Waals surface area contributed by atoms with Crippen LogP contribution in [-0.2, 0) is 0 Å². The summed E-state index contributed by atoms with van der Waals surface area (Å²) in [6, 6.07) is 3.86. The van der Waals surface area contributed by atoms with E-state index in [2.05, 4.69) is 4.99 Å². The third kappa shape index (κ3) is 1.78. The van der Waals surface area contributed by atoms with Gasteiger partial charge in [0.2, 0.25) is 0 Å². The second kappa shape index (κ2) is 3.73. The monoisotopic (exact) mass is 147 g/mol. The first-order valence-corrected chi connectivity index (χ1v) is 3.71. The number of rotatable bonds is 1. The summed E-state index contributed by atoms with van der Waals surface area (Å²) < 4.78 is 0. The highest BCUT2D eigenvalue weighted by atomic mass is 14.8.